The van der Waals surface area contributed by atoms with Gasteiger partial charge in [0.2, 0.25) is 0 Å². The number of aliphatic hydroxyl groups excluding tert-OH is 2. The molecule has 2 aliphatic rings. The molecule has 3 atom stereocenters. The van der Waals surface area contributed by atoms with Crippen LogP contribution in [0.1, 0.15) is 25.3 Å². The molecule has 1 aliphatic heterocycles. The van der Waals surface area contributed by atoms with E-state index >= 15 is 0 Å². The van der Waals surface area contributed by atoms with Crippen LogP contribution in [0.25, 0.3) is 5.82 Å². The lowest BCUT2D eigenvalue weighted by Gasteiger charge is -2.42. The molecule has 2 aromatic heterocycles. The van der Waals surface area contributed by atoms with Crippen LogP contribution in [0, 0.1) is 5.41 Å². The quantitative estimate of drug-likeness (QED) is 0.777. The van der Waals surface area contributed by atoms with Gasteiger partial charge in [-0.25, -0.2) is 9.67 Å². The molecule has 0 bridgehead atoms. The number of aromatic nitrogens is 3. The summed E-state index contributed by atoms with van der Waals surface area (Å²) in [4.78, 5) is 6.75. The molecule has 4 rings (SSSR count). The van der Waals surface area contributed by atoms with Gasteiger partial charge >= 0.3 is 0 Å². The van der Waals surface area contributed by atoms with E-state index < -0.39 is 6.10 Å². The first-order valence-electron chi connectivity index (χ1n) is 9.29. The minimum Gasteiger partial charge on any atom is -0.394 e. The van der Waals surface area contributed by atoms with Crippen LogP contribution < -0.4 is 0 Å². The average molecular weight is 393 g/mol. The number of aliphatic hydroxyl groups is 2. The number of ether oxygens (including phenoxy) is 1. The standard InChI is InChI=1S/C19H25ClN4O3/c1-19(4-5-19)17-11-23(10-16(27-17)15(26)12-25)8-13-2-3-18(21-6-13)24-9-14(20)7-22-24/h2-3,6-7,9,15-17,25-26H,4-5,8,10-12H2,1H3. The Bertz CT molecular complexity index is 778. The van der Waals surface area contributed by atoms with Gasteiger partial charge < -0.3 is 14.9 Å². The van der Waals surface area contributed by atoms with Crippen molar-refractivity contribution in [2.75, 3.05) is 19.7 Å². The smallest absolute Gasteiger partial charge is 0.153 e. The molecule has 0 spiro atoms. The molecule has 3 heterocycles. The summed E-state index contributed by atoms with van der Waals surface area (Å²) in [5, 5.41) is 24.2. The fourth-order valence-electron chi connectivity index (χ4n) is 3.55. The largest absolute Gasteiger partial charge is 0.394 e. The Morgan fingerprint density at radius 3 is 2.74 bits per heavy atom. The molecular weight excluding hydrogens is 368 g/mol. The molecule has 3 unspecified atom stereocenters. The highest BCUT2D eigenvalue weighted by atomic mass is 35.5. The van der Waals surface area contributed by atoms with Gasteiger partial charge in [-0.2, -0.15) is 5.10 Å². The molecule has 8 heteroatoms. The predicted octanol–water partition coefficient (Wildman–Crippen LogP) is 1.64. The van der Waals surface area contributed by atoms with Gasteiger partial charge in [0.25, 0.3) is 0 Å². The number of hydrogen-bond acceptors (Lipinski definition) is 6. The summed E-state index contributed by atoms with van der Waals surface area (Å²) < 4.78 is 7.76. The maximum atomic E-state index is 10.1. The third kappa shape index (κ3) is 4.17. The fourth-order valence-corrected chi connectivity index (χ4v) is 3.69. The molecule has 0 amide bonds. The Morgan fingerprint density at radius 2 is 2.15 bits per heavy atom. The van der Waals surface area contributed by atoms with Crippen molar-refractivity contribution in [2.45, 2.75) is 44.6 Å². The summed E-state index contributed by atoms with van der Waals surface area (Å²) in [5.74, 6) is 0.713. The molecule has 0 aromatic carbocycles. The lowest BCUT2D eigenvalue weighted by Crippen LogP contribution is -2.54. The van der Waals surface area contributed by atoms with E-state index in [-0.39, 0.29) is 24.2 Å². The van der Waals surface area contributed by atoms with Crippen LogP contribution in [0.2, 0.25) is 5.02 Å². The second-order valence-electron chi connectivity index (χ2n) is 7.89. The van der Waals surface area contributed by atoms with E-state index in [1.807, 2.05) is 18.3 Å². The Hall–Kier alpha value is -1.51. The Kier molecular flexibility index (Phi) is 5.22. The summed E-state index contributed by atoms with van der Waals surface area (Å²) in [5.41, 5.74) is 1.27. The topological polar surface area (TPSA) is 83.6 Å². The number of nitrogens with zero attached hydrogens (tertiary/aromatic N) is 4. The molecule has 1 aliphatic carbocycles. The van der Waals surface area contributed by atoms with Gasteiger partial charge in [0.05, 0.1) is 36.2 Å². The summed E-state index contributed by atoms with van der Waals surface area (Å²) in [7, 11) is 0. The molecule has 1 saturated heterocycles. The minimum atomic E-state index is -0.859. The first-order valence-corrected chi connectivity index (χ1v) is 9.67. The van der Waals surface area contributed by atoms with E-state index in [9.17, 15) is 10.2 Å². The Labute approximate surface area is 163 Å². The SMILES string of the molecule is CC1(C2CN(Cc3ccc(-n4cc(Cl)cn4)nc3)CC(C(O)CO)O2)CC1. The highest BCUT2D eigenvalue weighted by molar-refractivity contribution is 6.30. The third-order valence-electron chi connectivity index (χ3n) is 5.63. The van der Waals surface area contributed by atoms with Crippen LogP contribution in [-0.4, -0.2) is 67.9 Å². The predicted molar refractivity (Wildman–Crippen MR) is 101 cm³/mol. The van der Waals surface area contributed by atoms with E-state index in [1.165, 1.54) is 0 Å². The maximum Gasteiger partial charge on any atom is 0.153 e. The zero-order valence-corrected chi connectivity index (χ0v) is 16.1. The van der Waals surface area contributed by atoms with E-state index in [1.54, 1.807) is 17.1 Å². The van der Waals surface area contributed by atoms with E-state index in [4.69, 9.17) is 16.3 Å². The summed E-state index contributed by atoms with van der Waals surface area (Å²) in [6.45, 7) is 4.07. The molecule has 0 radical (unpaired) electrons. The van der Waals surface area contributed by atoms with E-state index in [0.29, 0.717) is 17.4 Å². The summed E-state index contributed by atoms with van der Waals surface area (Å²) in [6, 6.07) is 3.94. The highest BCUT2D eigenvalue weighted by Gasteiger charge is 2.49. The number of rotatable bonds is 6. The van der Waals surface area contributed by atoms with Gasteiger partial charge in [-0.1, -0.05) is 24.6 Å². The second kappa shape index (κ2) is 7.48. The zero-order chi connectivity index (χ0) is 19.0. The van der Waals surface area contributed by atoms with Gasteiger partial charge in [-0.3, -0.25) is 4.90 Å². The first kappa shape index (κ1) is 18.8. The number of pyridine rings is 1. The van der Waals surface area contributed by atoms with Crippen LogP contribution in [0.4, 0.5) is 0 Å². The van der Waals surface area contributed by atoms with E-state index in [2.05, 4.69) is 21.9 Å². The molecule has 1 saturated carbocycles. The van der Waals surface area contributed by atoms with Crippen molar-refractivity contribution in [3.05, 3.63) is 41.3 Å². The first-order chi connectivity index (χ1) is 13.0. The lowest BCUT2D eigenvalue weighted by atomic mass is 9.98. The average Bonchev–Trinajstić information content (AvgIpc) is 3.29. The number of morpholine rings is 1. The van der Waals surface area contributed by atoms with Crippen molar-refractivity contribution < 1.29 is 14.9 Å². The normalized spacial score (nSPS) is 26.1. The van der Waals surface area contributed by atoms with E-state index in [0.717, 1.165) is 31.5 Å². The van der Waals surface area contributed by atoms with Gasteiger partial charge in [0, 0.05) is 25.8 Å². The molecule has 2 N–H and O–H groups in total. The molecule has 2 fully saturated rings. The minimum absolute atomic E-state index is 0.0795. The van der Waals surface area contributed by atoms with Crippen molar-refractivity contribution in [1.29, 1.82) is 0 Å². The van der Waals surface area contributed by atoms with Gasteiger partial charge in [-0.05, 0) is 29.9 Å². The number of hydrogen-bond donors (Lipinski definition) is 2. The Balaban J connectivity index is 1.45. The van der Waals surface area contributed by atoms with Crippen molar-refractivity contribution in [1.82, 2.24) is 19.7 Å². The maximum absolute atomic E-state index is 10.1. The lowest BCUT2D eigenvalue weighted by molar-refractivity contribution is -0.158. The number of halogens is 1. The molecule has 7 nitrogen and oxygen atoms in total. The highest BCUT2D eigenvalue weighted by Crippen LogP contribution is 2.50. The zero-order valence-electron chi connectivity index (χ0n) is 15.3. The van der Waals surface area contributed by atoms with Crippen LogP contribution in [0.15, 0.2) is 30.7 Å². The van der Waals surface area contributed by atoms with Gasteiger partial charge in [-0.15, -0.1) is 0 Å². The monoisotopic (exact) mass is 392 g/mol. The van der Waals surface area contributed by atoms with Gasteiger partial charge in [0.15, 0.2) is 5.82 Å². The van der Waals surface area contributed by atoms with Crippen molar-refractivity contribution in [3.63, 3.8) is 0 Å². The molecule has 146 valence electrons. The van der Waals surface area contributed by atoms with Crippen LogP contribution in [0.5, 0.6) is 0 Å². The van der Waals surface area contributed by atoms with Crippen molar-refractivity contribution >= 4 is 11.6 Å². The van der Waals surface area contributed by atoms with Crippen molar-refractivity contribution in [3.8, 4) is 5.82 Å². The third-order valence-corrected chi connectivity index (χ3v) is 5.83. The molecular formula is C19H25ClN4O3. The second-order valence-corrected chi connectivity index (χ2v) is 8.33. The summed E-state index contributed by atoms with van der Waals surface area (Å²) >= 11 is 5.91. The molecule has 2 aromatic rings. The Morgan fingerprint density at radius 1 is 1.33 bits per heavy atom. The van der Waals surface area contributed by atoms with Crippen LogP contribution in [-0.2, 0) is 11.3 Å². The fraction of sp³-hybridized carbons (Fsp3) is 0.579. The van der Waals surface area contributed by atoms with Crippen molar-refractivity contribution in [2.24, 2.45) is 5.41 Å². The van der Waals surface area contributed by atoms with Crippen LogP contribution in [0.3, 0.4) is 0 Å². The van der Waals surface area contributed by atoms with Crippen LogP contribution >= 0.6 is 11.6 Å². The summed E-state index contributed by atoms with van der Waals surface area (Å²) in [6.07, 6.45) is 6.28. The molecule has 27 heavy (non-hydrogen) atoms. The van der Waals surface area contributed by atoms with Gasteiger partial charge in [0.1, 0.15) is 6.10 Å².